The van der Waals surface area contributed by atoms with Gasteiger partial charge in [0, 0.05) is 24.0 Å². The second-order valence-corrected chi connectivity index (χ2v) is 7.30. The summed E-state index contributed by atoms with van der Waals surface area (Å²) in [5.41, 5.74) is 3.14. The molecule has 0 aliphatic carbocycles. The number of allylic oxidation sites excluding steroid dienone is 1. The van der Waals surface area contributed by atoms with Crippen molar-refractivity contribution in [1.82, 2.24) is 0 Å². The maximum Gasteiger partial charge on any atom is 0.195 e. The number of ether oxygens (including phenoxy) is 2. The highest BCUT2D eigenvalue weighted by atomic mass is 32.1. The van der Waals surface area contributed by atoms with E-state index in [1.165, 1.54) is 10.4 Å². The van der Waals surface area contributed by atoms with Gasteiger partial charge in [0.1, 0.15) is 5.75 Å². The third-order valence-corrected chi connectivity index (χ3v) is 5.26. The molecule has 0 aliphatic rings. The summed E-state index contributed by atoms with van der Waals surface area (Å²) in [5.74, 6) is 0.799. The van der Waals surface area contributed by atoms with Gasteiger partial charge in [0.25, 0.3) is 0 Å². The van der Waals surface area contributed by atoms with E-state index in [0.29, 0.717) is 6.61 Å². The van der Waals surface area contributed by atoms with Crippen LogP contribution in [0.5, 0.6) is 5.75 Å². The van der Waals surface area contributed by atoms with Crippen LogP contribution in [0.2, 0.25) is 0 Å². The van der Waals surface area contributed by atoms with Crippen LogP contribution in [0, 0.1) is 0 Å². The third kappa shape index (κ3) is 5.16. The molecule has 3 nitrogen and oxygen atoms in total. The van der Waals surface area contributed by atoms with E-state index in [-0.39, 0.29) is 5.78 Å². The summed E-state index contributed by atoms with van der Waals surface area (Å²) >= 11 is 1.55. The summed E-state index contributed by atoms with van der Waals surface area (Å²) in [6.45, 7) is 0.465. The number of ketones is 1. The van der Waals surface area contributed by atoms with Gasteiger partial charge in [-0.2, -0.15) is 0 Å². The summed E-state index contributed by atoms with van der Waals surface area (Å²) in [7, 11) is 3.28. The van der Waals surface area contributed by atoms with Crippen molar-refractivity contribution < 1.29 is 14.3 Å². The molecule has 0 saturated heterocycles. The molecule has 0 N–H and O–H groups in total. The Balaban J connectivity index is 1.69. The van der Waals surface area contributed by atoms with Crippen molar-refractivity contribution >= 4 is 23.2 Å². The monoisotopic (exact) mass is 378 g/mol. The van der Waals surface area contributed by atoms with Crippen molar-refractivity contribution in [2.75, 3.05) is 14.2 Å². The van der Waals surface area contributed by atoms with E-state index >= 15 is 0 Å². The van der Waals surface area contributed by atoms with Crippen molar-refractivity contribution in [2.24, 2.45) is 0 Å². The Hall–Kier alpha value is -2.69. The maximum atomic E-state index is 12.5. The summed E-state index contributed by atoms with van der Waals surface area (Å²) < 4.78 is 10.5. The zero-order chi connectivity index (χ0) is 19.1. The molecule has 0 amide bonds. The predicted molar refractivity (Wildman–Crippen MR) is 111 cm³/mol. The summed E-state index contributed by atoms with van der Waals surface area (Å²) in [4.78, 5) is 14.4. The fourth-order valence-electron chi connectivity index (χ4n) is 2.83. The number of thiophene rings is 1. The molecule has 0 unspecified atom stereocenters. The number of methoxy groups -OCH3 is 2. The van der Waals surface area contributed by atoms with E-state index in [1.807, 2.05) is 54.6 Å². The van der Waals surface area contributed by atoms with Crippen molar-refractivity contribution in [3.63, 3.8) is 0 Å². The van der Waals surface area contributed by atoms with Crippen molar-refractivity contribution in [1.29, 1.82) is 0 Å². The van der Waals surface area contributed by atoms with E-state index in [1.54, 1.807) is 31.6 Å². The molecule has 1 aromatic heterocycles. The average Bonchev–Trinajstić information content (AvgIpc) is 3.16. The first kappa shape index (κ1) is 19.1. The number of carbonyl (C=O) groups is 1. The number of hydrogen-bond acceptors (Lipinski definition) is 4. The van der Waals surface area contributed by atoms with Gasteiger partial charge in [0.05, 0.1) is 18.6 Å². The van der Waals surface area contributed by atoms with Crippen LogP contribution in [0.25, 0.3) is 6.08 Å². The standard InChI is InChI=1S/C23H22O3S/c1-25-16-19-14-18(9-12-22(19)26-2)8-11-21(24)23-13-10-20(27-23)15-17-6-4-3-5-7-17/h3-14H,15-16H2,1-2H3/b11-8+. The van der Waals surface area contributed by atoms with Crippen LogP contribution in [0.1, 0.15) is 31.2 Å². The van der Waals surface area contributed by atoms with Crippen LogP contribution in [0.15, 0.2) is 66.7 Å². The van der Waals surface area contributed by atoms with E-state index in [4.69, 9.17) is 9.47 Å². The van der Waals surface area contributed by atoms with Gasteiger partial charge < -0.3 is 9.47 Å². The zero-order valence-corrected chi connectivity index (χ0v) is 16.3. The Bertz CT molecular complexity index is 926. The molecule has 0 atom stereocenters. The highest BCUT2D eigenvalue weighted by molar-refractivity contribution is 7.14. The number of rotatable bonds is 8. The van der Waals surface area contributed by atoms with E-state index in [2.05, 4.69) is 12.1 Å². The second-order valence-electron chi connectivity index (χ2n) is 6.13. The lowest BCUT2D eigenvalue weighted by molar-refractivity contribution is 0.105. The number of benzene rings is 2. The third-order valence-electron chi connectivity index (χ3n) is 4.16. The second kappa shape index (κ2) is 9.31. The van der Waals surface area contributed by atoms with Crippen molar-refractivity contribution in [3.8, 4) is 5.75 Å². The maximum absolute atomic E-state index is 12.5. The van der Waals surface area contributed by atoms with Gasteiger partial charge in [0.2, 0.25) is 0 Å². The molecule has 1 heterocycles. The first-order valence-electron chi connectivity index (χ1n) is 8.70. The fraction of sp³-hybridized carbons (Fsp3) is 0.174. The highest BCUT2D eigenvalue weighted by Crippen LogP contribution is 2.23. The SMILES string of the molecule is COCc1cc(/C=C/C(=O)c2ccc(Cc3ccccc3)s2)ccc1OC. The van der Waals surface area contributed by atoms with Crippen LogP contribution >= 0.6 is 11.3 Å². The summed E-state index contributed by atoms with van der Waals surface area (Å²) in [5, 5.41) is 0. The molecule has 27 heavy (non-hydrogen) atoms. The largest absolute Gasteiger partial charge is 0.496 e. The molecule has 4 heteroatoms. The normalized spacial score (nSPS) is 11.0. The van der Waals surface area contributed by atoms with E-state index in [9.17, 15) is 4.79 Å². The molecule has 0 radical (unpaired) electrons. The lowest BCUT2D eigenvalue weighted by atomic mass is 10.1. The first-order chi connectivity index (χ1) is 13.2. The van der Waals surface area contributed by atoms with Crippen LogP contribution in [0.3, 0.4) is 0 Å². The molecule has 2 aromatic carbocycles. The minimum atomic E-state index is 0.0171. The molecule has 0 saturated carbocycles. The van der Waals surface area contributed by atoms with E-state index in [0.717, 1.165) is 28.2 Å². The lowest BCUT2D eigenvalue weighted by Gasteiger charge is -2.08. The van der Waals surface area contributed by atoms with Gasteiger partial charge in [-0.25, -0.2) is 0 Å². The molecule has 0 fully saturated rings. The van der Waals surface area contributed by atoms with Gasteiger partial charge in [0.15, 0.2) is 5.78 Å². The van der Waals surface area contributed by atoms with Gasteiger partial charge in [-0.05, 0) is 41.5 Å². The van der Waals surface area contributed by atoms with Gasteiger partial charge in [-0.15, -0.1) is 11.3 Å². The Morgan fingerprint density at radius 3 is 2.59 bits per heavy atom. The Morgan fingerprint density at radius 1 is 1.04 bits per heavy atom. The first-order valence-corrected chi connectivity index (χ1v) is 9.52. The van der Waals surface area contributed by atoms with E-state index < -0.39 is 0 Å². The molecule has 3 aromatic rings. The quantitative estimate of drug-likeness (QED) is 0.389. The Morgan fingerprint density at radius 2 is 1.85 bits per heavy atom. The number of hydrogen-bond donors (Lipinski definition) is 0. The number of carbonyl (C=O) groups excluding carboxylic acids is 1. The predicted octanol–water partition coefficient (Wildman–Crippen LogP) is 5.39. The van der Waals surface area contributed by atoms with Crippen molar-refractivity contribution in [3.05, 3.63) is 93.2 Å². The topological polar surface area (TPSA) is 35.5 Å². The molecule has 138 valence electrons. The molecule has 3 rings (SSSR count). The molecule has 0 bridgehead atoms. The molecule has 0 spiro atoms. The smallest absolute Gasteiger partial charge is 0.195 e. The van der Waals surface area contributed by atoms with Crippen molar-refractivity contribution in [2.45, 2.75) is 13.0 Å². The molecule has 0 aliphatic heterocycles. The van der Waals surface area contributed by atoms with Crippen LogP contribution in [-0.2, 0) is 17.8 Å². The zero-order valence-electron chi connectivity index (χ0n) is 15.5. The average molecular weight is 378 g/mol. The minimum Gasteiger partial charge on any atom is -0.496 e. The summed E-state index contributed by atoms with van der Waals surface area (Å²) in [6, 6.07) is 20.0. The Labute approximate surface area is 163 Å². The van der Waals surface area contributed by atoms with Crippen LogP contribution in [-0.4, -0.2) is 20.0 Å². The lowest BCUT2D eigenvalue weighted by Crippen LogP contribution is -1.95. The molecular weight excluding hydrogens is 356 g/mol. The minimum absolute atomic E-state index is 0.0171. The van der Waals surface area contributed by atoms with Gasteiger partial charge in [-0.1, -0.05) is 42.5 Å². The van der Waals surface area contributed by atoms with Crippen LogP contribution < -0.4 is 4.74 Å². The van der Waals surface area contributed by atoms with Gasteiger partial charge in [-0.3, -0.25) is 4.79 Å². The van der Waals surface area contributed by atoms with Gasteiger partial charge >= 0.3 is 0 Å². The Kier molecular flexibility index (Phi) is 6.58. The van der Waals surface area contributed by atoms with Crippen LogP contribution in [0.4, 0.5) is 0 Å². The highest BCUT2D eigenvalue weighted by Gasteiger charge is 2.08. The molecular formula is C23H22O3S. The summed E-state index contributed by atoms with van der Waals surface area (Å²) in [6.07, 6.45) is 4.30. The fourth-order valence-corrected chi connectivity index (χ4v) is 3.79.